The summed E-state index contributed by atoms with van der Waals surface area (Å²) in [5, 5.41) is 7.59. The van der Waals surface area contributed by atoms with Crippen LogP contribution in [-0.4, -0.2) is 27.6 Å². The Labute approximate surface area is 138 Å². The molecule has 1 aromatic carbocycles. The maximum Gasteiger partial charge on any atom is 0.226 e. The van der Waals surface area contributed by atoms with Gasteiger partial charge in [-0.2, -0.15) is 4.98 Å². The van der Waals surface area contributed by atoms with E-state index in [4.69, 9.17) is 4.52 Å². The van der Waals surface area contributed by atoms with Crippen LogP contribution in [0.25, 0.3) is 10.9 Å². The maximum absolute atomic E-state index is 13.2. The number of carbonyl (C=O) groups is 1. The van der Waals surface area contributed by atoms with Crippen LogP contribution in [0.1, 0.15) is 30.1 Å². The van der Waals surface area contributed by atoms with E-state index in [1.807, 2.05) is 6.20 Å². The fourth-order valence-electron chi connectivity index (χ4n) is 2.63. The number of rotatable bonds is 7. The van der Waals surface area contributed by atoms with Crippen molar-refractivity contribution in [1.82, 2.24) is 20.4 Å². The highest BCUT2D eigenvalue weighted by atomic mass is 19.1. The van der Waals surface area contributed by atoms with Crippen LogP contribution in [-0.2, 0) is 17.6 Å². The van der Waals surface area contributed by atoms with Crippen LogP contribution in [0.3, 0.4) is 0 Å². The van der Waals surface area contributed by atoms with Crippen molar-refractivity contribution in [2.45, 2.75) is 32.6 Å². The Bertz CT molecular complexity index is 840. The molecule has 0 saturated carbocycles. The molecule has 1 amide bonds. The monoisotopic (exact) mass is 330 g/mol. The molecule has 24 heavy (non-hydrogen) atoms. The fraction of sp³-hybridized carbons (Fsp3) is 0.353. The number of halogens is 1. The van der Waals surface area contributed by atoms with Crippen molar-refractivity contribution in [3.63, 3.8) is 0 Å². The van der Waals surface area contributed by atoms with Crippen LogP contribution >= 0.6 is 0 Å². The van der Waals surface area contributed by atoms with Gasteiger partial charge in [-0.25, -0.2) is 4.39 Å². The van der Waals surface area contributed by atoms with Gasteiger partial charge in [0.05, 0.1) is 0 Å². The minimum atomic E-state index is -0.263. The molecular weight excluding hydrogens is 311 g/mol. The highest BCUT2D eigenvalue weighted by Crippen LogP contribution is 2.19. The van der Waals surface area contributed by atoms with E-state index in [1.54, 1.807) is 13.0 Å². The first kappa shape index (κ1) is 16.2. The number of aryl methyl sites for hydroxylation is 2. The Kier molecular flexibility index (Phi) is 4.88. The van der Waals surface area contributed by atoms with E-state index < -0.39 is 0 Å². The lowest BCUT2D eigenvalue weighted by atomic mass is 10.1. The Morgan fingerprint density at radius 1 is 1.38 bits per heavy atom. The van der Waals surface area contributed by atoms with Crippen molar-refractivity contribution in [2.75, 3.05) is 6.54 Å². The molecule has 0 radical (unpaired) electrons. The molecule has 0 fully saturated rings. The summed E-state index contributed by atoms with van der Waals surface area (Å²) in [6.45, 7) is 2.31. The minimum Gasteiger partial charge on any atom is -0.361 e. The third-order valence-electron chi connectivity index (χ3n) is 3.81. The smallest absolute Gasteiger partial charge is 0.226 e. The summed E-state index contributed by atoms with van der Waals surface area (Å²) in [4.78, 5) is 19.0. The van der Waals surface area contributed by atoms with Crippen molar-refractivity contribution in [1.29, 1.82) is 0 Å². The van der Waals surface area contributed by atoms with E-state index in [1.165, 1.54) is 12.1 Å². The van der Waals surface area contributed by atoms with E-state index in [0.29, 0.717) is 43.9 Å². The molecule has 126 valence electrons. The van der Waals surface area contributed by atoms with Gasteiger partial charge in [-0.3, -0.25) is 4.79 Å². The number of nitrogens with one attached hydrogen (secondary N) is 2. The fourth-order valence-corrected chi connectivity index (χ4v) is 2.63. The van der Waals surface area contributed by atoms with Gasteiger partial charge >= 0.3 is 0 Å². The number of hydrogen-bond donors (Lipinski definition) is 2. The lowest BCUT2D eigenvalue weighted by Crippen LogP contribution is -2.25. The third kappa shape index (κ3) is 3.98. The molecular formula is C17H19FN4O2. The summed E-state index contributed by atoms with van der Waals surface area (Å²) in [5.41, 5.74) is 1.83. The van der Waals surface area contributed by atoms with Crippen LogP contribution in [0.15, 0.2) is 28.9 Å². The SMILES string of the molecule is Cc1noc(CCCC(=O)NCCc2c[nH]c3cc(F)ccc23)n1. The van der Waals surface area contributed by atoms with E-state index in [0.717, 1.165) is 16.5 Å². The van der Waals surface area contributed by atoms with Crippen molar-refractivity contribution in [3.05, 3.63) is 47.5 Å². The molecule has 0 atom stereocenters. The van der Waals surface area contributed by atoms with Gasteiger partial charge in [0.2, 0.25) is 11.8 Å². The molecule has 2 heterocycles. The molecule has 0 aliphatic carbocycles. The van der Waals surface area contributed by atoms with Crippen LogP contribution in [0.4, 0.5) is 4.39 Å². The average Bonchev–Trinajstić information content (AvgIpc) is 3.13. The lowest BCUT2D eigenvalue weighted by Gasteiger charge is -2.04. The number of H-pyrrole nitrogens is 1. The van der Waals surface area contributed by atoms with Crippen LogP contribution < -0.4 is 5.32 Å². The first-order valence-electron chi connectivity index (χ1n) is 7.93. The van der Waals surface area contributed by atoms with Crippen LogP contribution in [0, 0.1) is 12.7 Å². The number of aromatic nitrogens is 3. The molecule has 2 aromatic heterocycles. The minimum absolute atomic E-state index is 0.00266. The molecule has 0 bridgehead atoms. The zero-order valence-electron chi connectivity index (χ0n) is 13.4. The van der Waals surface area contributed by atoms with Crippen molar-refractivity contribution in [2.24, 2.45) is 0 Å². The molecule has 0 unspecified atom stereocenters. The molecule has 0 aliphatic heterocycles. The second-order valence-electron chi connectivity index (χ2n) is 5.69. The highest BCUT2D eigenvalue weighted by Gasteiger charge is 2.07. The van der Waals surface area contributed by atoms with E-state index >= 15 is 0 Å². The van der Waals surface area contributed by atoms with Gasteiger partial charge in [-0.1, -0.05) is 5.16 Å². The van der Waals surface area contributed by atoms with E-state index in [-0.39, 0.29) is 11.7 Å². The van der Waals surface area contributed by atoms with Crippen molar-refractivity contribution >= 4 is 16.8 Å². The molecule has 6 nitrogen and oxygen atoms in total. The first-order chi connectivity index (χ1) is 11.6. The number of nitrogens with zero attached hydrogens (tertiary/aromatic N) is 2. The summed E-state index contributed by atoms with van der Waals surface area (Å²) in [7, 11) is 0. The Morgan fingerprint density at radius 3 is 3.04 bits per heavy atom. The molecule has 0 spiro atoms. The summed E-state index contributed by atoms with van der Waals surface area (Å²) < 4.78 is 18.2. The number of aromatic amines is 1. The number of carbonyl (C=O) groups excluding carboxylic acids is 1. The standard InChI is InChI=1S/C17H19FN4O2/c1-11-21-17(24-22-11)4-2-3-16(23)19-8-7-12-10-20-15-9-13(18)5-6-14(12)15/h5-6,9-10,20H,2-4,7-8H2,1H3,(H,19,23). The third-order valence-corrected chi connectivity index (χ3v) is 3.81. The average molecular weight is 330 g/mol. The maximum atomic E-state index is 13.2. The largest absolute Gasteiger partial charge is 0.361 e. The Hall–Kier alpha value is -2.70. The predicted molar refractivity (Wildman–Crippen MR) is 86.9 cm³/mol. The first-order valence-corrected chi connectivity index (χ1v) is 7.93. The lowest BCUT2D eigenvalue weighted by molar-refractivity contribution is -0.121. The molecule has 3 aromatic rings. The highest BCUT2D eigenvalue weighted by molar-refractivity contribution is 5.83. The normalized spacial score (nSPS) is 11.1. The van der Waals surface area contributed by atoms with Crippen LogP contribution in [0.2, 0.25) is 0 Å². The summed E-state index contributed by atoms with van der Waals surface area (Å²) in [6, 6.07) is 4.67. The summed E-state index contributed by atoms with van der Waals surface area (Å²) in [5.74, 6) is 0.900. The van der Waals surface area contributed by atoms with E-state index in [2.05, 4.69) is 20.4 Å². The zero-order valence-corrected chi connectivity index (χ0v) is 13.4. The summed E-state index contributed by atoms with van der Waals surface area (Å²) >= 11 is 0. The summed E-state index contributed by atoms with van der Waals surface area (Å²) in [6.07, 6.45) is 4.23. The quantitative estimate of drug-likeness (QED) is 0.697. The van der Waals surface area contributed by atoms with Crippen molar-refractivity contribution < 1.29 is 13.7 Å². The van der Waals surface area contributed by atoms with Gasteiger partial charge in [-0.15, -0.1) is 0 Å². The molecule has 2 N–H and O–H groups in total. The van der Waals surface area contributed by atoms with Gasteiger partial charge in [0.15, 0.2) is 5.82 Å². The number of hydrogen-bond acceptors (Lipinski definition) is 4. The van der Waals surface area contributed by atoms with Gasteiger partial charge in [0, 0.05) is 36.5 Å². The van der Waals surface area contributed by atoms with Gasteiger partial charge in [-0.05, 0) is 43.5 Å². The Morgan fingerprint density at radius 2 is 2.25 bits per heavy atom. The molecule has 3 rings (SSSR count). The number of benzene rings is 1. The van der Waals surface area contributed by atoms with Gasteiger partial charge in [0.1, 0.15) is 5.82 Å². The zero-order chi connectivity index (χ0) is 16.9. The molecule has 0 saturated heterocycles. The number of fused-ring (bicyclic) bond motifs is 1. The van der Waals surface area contributed by atoms with Gasteiger partial charge in [0.25, 0.3) is 0 Å². The van der Waals surface area contributed by atoms with Crippen LogP contribution in [0.5, 0.6) is 0 Å². The topological polar surface area (TPSA) is 83.8 Å². The Balaban J connectivity index is 1.41. The second-order valence-corrected chi connectivity index (χ2v) is 5.69. The molecule has 7 heteroatoms. The number of amides is 1. The van der Waals surface area contributed by atoms with Crippen molar-refractivity contribution in [3.8, 4) is 0 Å². The van der Waals surface area contributed by atoms with E-state index in [9.17, 15) is 9.18 Å². The van der Waals surface area contributed by atoms with Gasteiger partial charge < -0.3 is 14.8 Å². The predicted octanol–water partition coefficient (Wildman–Crippen LogP) is 2.68. The second kappa shape index (κ2) is 7.25. The molecule has 0 aliphatic rings.